The van der Waals surface area contributed by atoms with Crippen LogP contribution in [-0.2, 0) is 0 Å². The van der Waals surface area contributed by atoms with Crippen molar-refractivity contribution >= 4 is 16.8 Å². The van der Waals surface area contributed by atoms with Crippen LogP contribution in [0.5, 0.6) is 5.75 Å². The van der Waals surface area contributed by atoms with Gasteiger partial charge in [-0.15, -0.1) is 0 Å². The molecule has 0 saturated heterocycles. The van der Waals surface area contributed by atoms with Gasteiger partial charge in [0.1, 0.15) is 12.5 Å². The molecule has 0 radical (unpaired) electrons. The maximum absolute atomic E-state index is 13.0. The van der Waals surface area contributed by atoms with Crippen molar-refractivity contribution < 1.29 is 9.53 Å². The third-order valence-electron chi connectivity index (χ3n) is 4.25. The summed E-state index contributed by atoms with van der Waals surface area (Å²) in [6.45, 7) is 5.41. The van der Waals surface area contributed by atoms with Crippen LogP contribution in [0.15, 0.2) is 54.6 Å². The van der Waals surface area contributed by atoms with Crippen molar-refractivity contribution in [3.8, 4) is 5.75 Å². The molecule has 124 valence electrons. The number of fused-ring (bicyclic) bond motifs is 1. The second-order valence-corrected chi connectivity index (χ2v) is 5.88. The molecule has 0 amide bonds. The van der Waals surface area contributed by atoms with Gasteiger partial charge < -0.3 is 4.74 Å². The van der Waals surface area contributed by atoms with Crippen LogP contribution in [0.4, 0.5) is 0 Å². The SMILES string of the molecule is CCN(C)COc1c(C)n(C(=O)c2ccccc2)c2ccccc12. The minimum atomic E-state index is -0.0389. The van der Waals surface area contributed by atoms with Crippen molar-refractivity contribution in [2.24, 2.45) is 0 Å². The van der Waals surface area contributed by atoms with E-state index in [2.05, 4.69) is 11.8 Å². The normalized spacial score (nSPS) is 11.2. The quantitative estimate of drug-likeness (QED) is 0.668. The van der Waals surface area contributed by atoms with E-state index in [4.69, 9.17) is 4.74 Å². The van der Waals surface area contributed by atoms with Gasteiger partial charge in [0.05, 0.1) is 11.2 Å². The zero-order valence-electron chi connectivity index (χ0n) is 14.3. The highest BCUT2D eigenvalue weighted by molar-refractivity contribution is 6.04. The number of ether oxygens (including phenoxy) is 1. The van der Waals surface area contributed by atoms with Gasteiger partial charge in [0, 0.05) is 10.9 Å². The van der Waals surface area contributed by atoms with E-state index in [1.165, 1.54) is 0 Å². The largest absolute Gasteiger partial charge is 0.476 e. The first-order valence-corrected chi connectivity index (χ1v) is 8.14. The highest BCUT2D eigenvalue weighted by Gasteiger charge is 2.20. The molecular weight excluding hydrogens is 300 g/mol. The van der Waals surface area contributed by atoms with Gasteiger partial charge in [0.25, 0.3) is 5.91 Å². The van der Waals surface area contributed by atoms with E-state index >= 15 is 0 Å². The van der Waals surface area contributed by atoms with Crippen LogP contribution in [-0.4, -0.2) is 35.7 Å². The van der Waals surface area contributed by atoms with E-state index in [1.807, 2.05) is 68.6 Å². The van der Waals surface area contributed by atoms with Crippen molar-refractivity contribution in [2.75, 3.05) is 20.3 Å². The van der Waals surface area contributed by atoms with Gasteiger partial charge in [0.15, 0.2) is 0 Å². The number of benzene rings is 2. The van der Waals surface area contributed by atoms with Crippen molar-refractivity contribution in [3.05, 3.63) is 65.9 Å². The monoisotopic (exact) mass is 322 g/mol. The molecule has 0 N–H and O–H groups in total. The molecule has 3 aromatic rings. The lowest BCUT2D eigenvalue weighted by Gasteiger charge is -2.15. The Hall–Kier alpha value is -2.59. The summed E-state index contributed by atoms with van der Waals surface area (Å²) < 4.78 is 7.76. The van der Waals surface area contributed by atoms with Crippen LogP contribution in [0.2, 0.25) is 0 Å². The van der Waals surface area contributed by atoms with E-state index in [0.717, 1.165) is 28.9 Å². The van der Waals surface area contributed by atoms with Gasteiger partial charge in [-0.25, -0.2) is 0 Å². The van der Waals surface area contributed by atoms with Crippen molar-refractivity contribution in [1.29, 1.82) is 0 Å². The molecule has 2 aromatic carbocycles. The molecule has 0 unspecified atom stereocenters. The maximum Gasteiger partial charge on any atom is 0.262 e. The van der Waals surface area contributed by atoms with Crippen LogP contribution in [0.25, 0.3) is 10.9 Å². The molecule has 4 heteroatoms. The molecule has 0 bridgehead atoms. The first-order chi connectivity index (χ1) is 11.6. The summed E-state index contributed by atoms with van der Waals surface area (Å²) in [7, 11) is 2.00. The first-order valence-electron chi connectivity index (χ1n) is 8.14. The molecule has 1 aromatic heterocycles. The fourth-order valence-corrected chi connectivity index (χ4v) is 2.76. The third kappa shape index (κ3) is 2.93. The maximum atomic E-state index is 13.0. The van der Waals surface area contributed by atoms with Gasteiger partial charge in [-0.05, 0) is 44.8 Å². The van der Waals surface area contributed by atoms with E-state index in [-0.39, 0.29) is 5.91 Å². The smallest absolute Gasteiger partial charge is 0.262 e. The van der Waals surface area contributed by atoms with Crippen molar-refractivity contribution in [2.45, 2.75) is 13.8 Å². The summed E-state index contributed by atoms with van der Waals surface area (Å²) in [4.78, 5) is 15.1. The summed E-state index contributed by atoms with van der Waals surface area (Å²) in [5, 5.41) is 0.962. The van der Waals surface area contributed by atoms with Crippen LogP contribution in [0, 0.1) is 6.92 Å². The molecule has 0 atom stereocenters. The molecular formula is C20H22N2O2. The van der Waals surface area contributed by atoms with E-state index in [9.17, 15) is 4.79 Å². The average Bonchev–Trinajstić information content (AvgIpc) is 2.91. The predicted octanol–water partition coefficient (Wildman–Crippen LogP) is 3.93. The summed E-state index contributed by atoms with van der Waals surface area (Å²) in [6, 6.07) is 17.2. The molecule has 0 saturated carbocycles. The minimum Gasteiger partial charge on any atom is -0.476 e. The Balaban J connectivity index is 2.08. The number of aromatic nitrogens is 1. The average molecular weight is 322 g/mol. The first kappa shape index (κ1) is 16.3. The Morgan fingerprint density at radius 3 is 2.46 bits per heavy atom. The van der Waals surface area contributed by atoms with Crippen molar-refractivity contribution in [1.82, 2.24) is 9.47 Å². The van der Waals surface area contributed by atoms with Crippen LogP contribution in [0.3, 0.4) is 0 Å². The van der Waals surface area contributed by atoms with Gasteiger partial charge in [0.2, 0.25) is 0 Å². The van der Waals surface area contributed by atoms with Crippen molar-refractivity contribution in [3.63, 3.8) is 0 Å². The lowest BCUT2D eigenvalue weighted by Crippen LogP contribution is -2.23. The molecule has 0 aliphatic rings. The third-order valence-corrected chi connectivity index (χ3v) is 4.25. The number of carbonyl (C=O) groups excluding carboxylic acids is 1. The zero-order valence-corrected chi connectivity index (χ0v) is 14.3. The molecule has 4 nitrogen and oxygen atoms in total. The fraction of sp³-hybridized carbons (Fsp3) is 0.250. The second kappa shape index (κ2) is 6.89. The summed E-state index contributed by atoms with van der Waals surface area (Å²) in [5.41, 5.74) is 2.37. The standard InChI is InChI=1S/C20H22N2O2/c1-4-21(3)14-24-19-15(2)22(18-13-9-8-12-17(18)19)20(23)16-10-6-5-7-11-16/h5-13H,4,14H2,1-3H3. The Morgan fingerprint density at radius 2 is 1.75 bits per heavy atom. The van der Waals surface area contributed by atoms with E-state index in [1.54, 1.807) is 4.57 Å². The molecule has 0 fully saturated rings. The van der Waals surface area contributed by atoms with Crippen LogP contribution >= 0.6 is 0 Å². The number of hydrogen-bond donors (Lipinski definition) is 0. The number of para-hydroxylation sites is 1. The lowest BCUT2D eigenvalue weighted by atomic mass is 10.2. The van der Waals surface area contributed by atoms with Gasteiger partial charge >= 0.3 is 0 Å². The second-order valence-electron chi connectivity index (χ2n) is 5.88. The van der Waals surface area contributed by atoms with Crippen LogP contribution < -0.4 is 4.74 Å². The van der Waals surface area contributed by atoms with E-state index < -0.39 is 0 Å². The molecule has 1 heterocycles. The summed E-state index contributed by atoms with van der Waals surface area (Å²) in [5.74, 6) is 0.734. The fourth-order valence-electron chi connectivity index (χ4n) is 2.76. The van der Waals surface area contributed by atoms with Crippen LogP contribution in [0.1, 0.15) is 23.0 Å². The zero-order chi connectivity index (χ0) is 17.1. The predicted molar refractivity (Wildman–Crippen MR) is 96.6 cm³/mol. The van der Waals surface area contributed by atoms with Gasteiger partial charge in [-0.1, -0.05) is 37.3 Å². The summed E-state index contributed by atoms with van der Waals surface area (Å²) >= 11 is 0. The molecule has 0 spiro atoms. The number of carbonyl (C=O) groups is 1. The minimum absolute atomic E-state index is 0.0389. The Morgan fingerprint density at radius 1 is 1.08 bits per heavy atom. The highest BCUT2D eigenvalue weighted by Crippen LogP contribution is 2.33. The molecule has 0 aliphatic carbocycles. The topological polar surface area (TPSA) is 34.5 Å². The van der Waals surface area contributed by atoms with E-state index in [0.29, 0.717) is 12.3 Å². The highest BCUT2D eigenvalue weighted by atomic mass is 16.5. The summed E-state index contributed by atoms with van der Waals surface area (Å²) in [6.07, 6.45) is 0. The molecule has 24 heavy (non-hydrogen) atoms. The molecule has 0 aliphatic heterocycles. The van der Waals surface area contributed by atoms with Gasteiger partial charge in [-0.3, -0.25) is 14.3 Å². The number of hydrogen-bond acceptors (Lipinski definition) is 3. The Bertz CT molecular complexity index is 853. The Labute approximate surface area is 142 Å². The number of nitrogens with zero attached hydrogens (tertiary/aromatic N) is 2. The molecule has 3 rings (SSSR count). The number of rotatable bonds is 5. The van der Waals surface area contributed by atoms with Gasteiger partial charge in [-0.2, -0.15) is 0 Å². The Kier molecular flexibility index (Phi) is 4.67. The lowest BCUT2D eigenvalue weighted by molar-refractivity contribution is 0.0961.